The normalized spacial score (nSPS) is 10.2. The molecular weight excluding hydrogens is 389 g/mol. The maximum absolute atomic E-state index is 13.7. The van der Waals surface area contributed by atoms with E-state index >= 15 is 0 Å². The summed E-state index contributed by atoms with van der Waals surface area (Å²) in [4.78, 5) is 23.9. The summed E-state index contributed by atoms with van der Waals surface area (Å²) < 4.78 is 28.7. The maximum atomic E-state index is 13.7. The number of Topliss-reactive ketones (excluding diaryl/α,β-unsaturated/α-hetero) is 1. The number of hydrogen-bond acceptors (Lipinski definition) is 6. The summed E-state index contributed by atoms with van der Waals surface area (Å²) >= 11 is 0. The number of methoxy groups -OCH3 is 1. The lowest BCUT2D eigenvalue weighted by atomic mass is 10.1. The fourth-order valence-corrected chi connectivity index (χ4v) is 2.58. The van der Waals surface area contributed by atoms with Gasteiger partial charge in [0.1, 0.15) is 5.75 Å². The number of halogens is 1. The summed E-state index contributed by atoms with van der Waals surface area (Å²) in [6.07, 6.45) is 0. The zero-order chi connectivity index (χ0) is 21.3. The highest BCUT2D eigenvalue weighted by atomic mass is 19.1. The number of esters is 1. The maximum Gasteiger partial charge on any atom is 0.344 e. The molecule has 1 N–H and O–H groups in total. The Morgan fingerprint density at radius 1 is 0.900 bits per heavy atom. The predicted molar refractivity (Wildman–Crippen MR) is 110 cm³/mol. The molecule has 0 amide bonds. The third-order valence-electron chi connectivity index (χ3n) is 4.11. The van der Waals surface area contributed by atoms with Gasteiger partial charge in [-0.15, -0.1) is 0 Å². The van der Waals surface area contributed by atoms with Gasteiger partial charge in [0.25, 0.3) is 0 Å². The Kier molecular flexibility index (Phi) is 7.00. The molecule has 0 aliphatic heterocycles. The van der Waals surface area contributed by atoms with Crippen LogP contribution in [0.15, 0.2) is 72.8 Å². The molecule has 0 fully saturated rings. The number of ketones is 1. The van der Waals surface area contributed by atoms with Gasteiger partial charge in [-0.1, -0.05) is 18.2 Å². The third-order valence-corrected chi connectivity index (χ3v) is 4.11. The molecule has 0 bridgehead atoms. The monoisotopic (exact) mass is 409 g/mol. The Balaban J connectivity index is 1.44. The fourth-order valence-electron chi connectivity index (χ4n) is 2.58. The van der Waals surface area contributed by atoms with Gasteiger partial charge in [-0.2, -0.15) is 0 Å². The van der Waals surface area contributed by atoms with E-state index in [0.29, 0.717) is 5.75 Å². The van der Waals surface area contributed by atoms with E-state index in [4.69, 9.17) is 14.2 Å². The molecule has 0 saturated heterocycles. The molecule has 7 heteroatoms. The number of para-hydroxylation sites is 1. The van der Waals surface area contributed by atoms with Crippen LogP contribution in [0.5, 0.6) is 11.5 Å². The number of ether oxygens (including phenoxy) is 3. The second-order valence-corrected chi connectivity index (χ2v) is 6.24. The van der Waals surface area contributed by atoms with Crippen LogP contribution in [-0.2, 0) is 9.53 Å². The molecule has 0 aliphatic carbocycles. The summed E-state index contributed by atoms with van der Waals surface area (Å²) in [5.74, 6) is -1.38. The largest absolute Gasteiger partial charge is 0.494 e. The fraction of sp³-hybridized carbons (Fsp3) is 0.130. The molecule has 0 aliphatic rings. The minimum absolute atomic E-state index is 0.0296. The van der Waals surface area contributed by atoms with Gasteiger partial charge in [0.05, 0.1) is 7.11 Å². The number of nitrogens with one attached hydrogen (secondary N) is 1. The van der Waals surface area contributed by atoms with Crippen LogP contribution >= 0.6 is 0 Å². The molecule has 6 nitrogen and oxygen atoms in total. The highest BCUT2D eigenvalue weighted by molar-refractivity contribution is 5.98. The summed E-state index contributed by atoms with van der Waals surface area (Å²) in [7, 11) is 1.33. The molecule has 0 atom stereocenters. The lowest BCUT2D eigenvalue weighted by Crippen LogP contribution is -2.19. The van der Waals surface area contributed by atoms with Gasteiger partial charge in [0.2, 0.25) is 0 Å². The molecule has 0 unspecified atom stereocenters. The van der Waals surface area contributed by atoms with Crippen LogP contribution in [0.1, 0.15) is 10.4 Å². The standard InChI is InChI=1S/C23H20FNO5/c1-28-22-12-7-16(13-20(22)24)21(26)14-30-23(27)15-29-19-10-8-18(9-11-19)25-17-5-3-2-4-6-17/h2-13,25H,14-15H2,1H3. The van der Waals surface area contributed by atoms with Crippen LogP contribution in [0.4, 0.5) is 15.8 Å². The number of carbonyl (C=O) groups is 2. The molecule has 0 radical (unpaired) electrons. The molecular formula is C23H20FNO5. The van der Waals surface area contributed by atoms with Gasteiger partial charge < -0.3 is 19.5 Å². The van der Waals surface area contributed by atoms with Crippen molar-refractivity contribution < 1.29 is 28.2 Å². The Hall–Kier alpha value is -3.87. The van der Waals surface area contributed by atoms with Crippen molar-refractivity contribution in [3.05, 3.63) is 84.2 Å². The van der Waals surface area contributed by atoms with Gasteiger partial charge in [-0.25, -0.2) is 9.18 Å². The first-order chi connectivity index (χ1) is 14.5. The van der Waals surface area contributed by atoms with Gasteiger partial charge in [-0.05, 0) is 54.6 Å². The second-order valence-electron chi connectivity index (χ2n) is 6.24. The van der Waals surface area contributed by atoms with Gasteiger partial charge in [0.15, 0.2) is 30.6 Å². The lowest BCUT2D eigenvalue weighted by molar-refractivity contribution is -0.144. The summed E-state index contributed by atoms with van der Waals surface area (Å²) in [6, 6.07) is 20.5. The molecule has 0 heterocycles. The summed E-state index contributed by atoms with van der Waals surface area (Å²) in [5.41, 5.74) is 1.91. The average Bonchev–Trinajstić information content (AvgIpc) is 2.77. The molecule has 30 heavy (non-hydrogen) atoms. The van der Waals surface area contributed by atoms with Gasteiger partial charge >= 0.3 is 5.97 Å². The van der Waals surface area contributed by atoms with Crippen LogP contribution in [-0.4, -0.2) is 32.1 Å². The summed E-state index contributed by atoms with van der Waals surface area (Å²) in [5, 5.41) is 3.24. The Bertz CT molecular complexity index is 1010. The van der Waals surface area contributed by atoms with Crippen molar-refractivity contribution in [2.75, 3.05) is 25.6 Å². The van der Waals surface area contributed by atoms with Crippen LogP contribution in [0.3, 0.4) is 0 Å². The van der Waals surface area contributed by atoms with Gasteiger partial charge in [0, 0.05) is 16.9 Å². The van der Waals surface area contributed by atoms with Gasteiger partial charge in [-0.3, -0.25) is 4.79 Å². The number of hydrogen-bond donors (Lipinski definition) is 1. The summed E-state index contributed by atoms with van der Waals surface area (Å²) in [6.45, 7) is -0.858. The first-order valence-corrected chi connectivity index (χ1v) is 9.12. The Morgan fingerprint density at radius 2 is 1.60 bits per heavy atom. The van der Waals surface area contributed by atoms with Crippen molar-refractivity contribution in [1.82, 2.24) is 0 Å². The lowest BCUT2D eigenvalue weighted by Gasteiger charge is -2.09. The topological polar surface area (TPSA) is 73.9 Å². The van der Waals surface area contributed by atoms with Crippen molar-refractivity contribution >= 4 is 23.1 Å². The van der Waals surface area contributed by atoms with Crippen molar-refractivity contribution in [2.24, 2.45) is 0 Å². The molecule has 0 aromatic heterocycles. The molecule has 3 rings (SSSR count). The van der Waals surface area contributed by atoms with E-state index in [-0.39, 0.29) is 17.9 Å². The van der Waals surface area contributed by atoms with Crippen LogP contribution < -0.4 is 14.8 Å². The van der Waals surface area contributed by atoms with E-state index in [1.165, 1.54) is 19.2 Å². The van der Waals surface area contributed by atoms with Crippen molar-refractivity contribution in [3.8, 4) is 11.5 Å². The predicted octanol–water partition coefficient (Wildman–Crippen LogP) is 4.38. The minimum Gasteiger partial charge on any atom is -0.494 e. The van der Waals surface area contributed by atoms with E-state index in [1.807, 2.05) is 42.5 Å². The molecule has 154 valence electrons. The SMILES string of the molecule is COc1ccc(C(=O)COC(=O)COc2ccc(Nc3ccccc3)cc2)cc1F. The zero-order valence-electron chi connectivity index (χ0n) is 16.3. The average molecular weight is 409 g/mol. The van der Waals surface area contributed by atoms with Crippen LogP contribution in [0.2, 0.25) is 0 Å². The Morgan fingerprint density at radius 3 is 2.27 bits per heavy atom. The van der Waals surface area contributed by atoms with E-state index in [0.717, 1.165) is 17.4 Å². The van der Waals surface area contributed by atoms with Crippen molar-refractivity contribution in [1.29, 1.82) is 0 Å². The first kappa shape index (κ1) is 20.9. The highest BCUT2D eigenvalue weighted by Crippen LogP contribution is 2.20. The van der Waals surface area contributed by atoms with E-state index in [9.17, 15) is 14.0 Å². The Labute approximate surface area is 173 Å². The third kappa shape index (κ3) is 5.81. The highest BCUT2D eigenvalue weighted by Gasteiger charge is 2.13. The van der Waals surface area contributed by atoms with Crippen LogP contribution in [0, 0.1) is 5.82 Å². The van der Waals surface area contributed by atoms with E-state index in [1.54, 1.807) is 12.1 Å². The van der Waals surface area contributed by atoms with Crippen LogP contribution in [0.25, 0.3) is 0 Å². The number of benzene rings is 3. The first-order valence-electron chi connectivity index (χ1n) is 9.12. The molecule has 3 aromatic rings. The number of rotatable bonds is 9. The number of carbonyl (C=O) groups excluding carboxylic acids is 2. The van der Waals surface area contributed by atoms with Crippen molar-refractivity contribution in [2.45, 2.75) is 0 Å². The minimum atomic E-state index is -0.705. The van der Waals surface area contributed by atoms with Crippen molar-refractivity contribution in [3.63, 3.8) is 0 Å². The van der Waals surface area contributed by atoms with E-state index < -0.39 is 24.2 Å². The second kappa shape index (κ2) is 10.1. The zero-order valence-corrected chi connectivity index (χ0v) is 16.3. The number of anilines is 2. The molecule has 0 spiro atoms. The smallest absolute Gasteiger partial charge is 0.344 e. The molecule has 0 saturated carbocycles. The quantitative estimate of drug-likeness (QED) is 0.418. The van der Waals surface area contributed by atoms with E-state index in [2.05, 4.69) is 5.32 Å². The molecule has 3 aromatic carbocycles.